The average molecular weight is 349 g/mol. The molecule has 0 bridgehead atoms. The Morgan fingerprint density at radius 1 is 1.00 bits per heavy atom. The van der Waals surface area contributed by atoms with E-state index in [1.54, 1.807) is 27.4 Å². The standard InChI is InChI=1S/C20H31NO4/c1-5-6-7-8-9-10-11-14-12-15-16(20(22)21-14)13-17(23-2)19(25-4)18(15)24-3/h13-14H,5-12H2,1-4H3,(H,21,22). The van der Waals surface area contributed by atoms with Crippen LogP contribution in [0.5, 0.6) is 17.2 Å². The zero-order valence-corrected chi connectivity index (χ0v) is 15.9. The fraction of sp³-hybridized carbons (Fsp3) is 0.650. The van der Waals surface area contributed by atoms with Crippen LogP contribution in [0.1, 0.15) is 67.8 Å². The van der Waals surface area contributed by atoms with E-state index in [-0.39, 0.29) is 11.9 Å². The minimum absolute atomic E-state index is 0.0588. The second-order valence-corrected chi connectivity index (χ2v) is 6.60. The quantitative estimate of drug-likeness (QED) is 0.646. The number of nitrogens with one attached hydrogen (secondary N) is 1. The molecule has 1 aromatic carbocycles. The maximum Gasteiger partial charge on any atom is 0.252 e. The summed E-state index contributed by atoms with van der Waals surface area (Å²) in [7, 11) is 4.75. The van der Waals surface area contributed by atoms with Crippen LogP contribution in [-0.2, 0) is 6.42 Å². The minimum Gasteiger partial charge on any atom is -0.493 e. The molecule has 1 aliphatic heterocycles. The van der Waals surface area contributed by atoms with Crippen LogP contribution in [0.4, 0.5) is 0 Å². The van der Waals surface area contributed by atoms with E-state index in [0.717, 1.165) is 24.8 Å². The second kappa shape index (κ2) is 9.54. The molecule has 2 rings (SSSR count). The van der Waals surface area contributed by atoms with E-state index in [1.807, 2.05) is 0 Å². The highest BCUT2D eigenvalue weighted by Crippen LogP contribution is 2.43. The van der Waals surface area contributed by atoms with Gasteiger partial charge in [0.1, 0.15) is 0 Å². The molecule has 5 nitrogen and oxygen atoms in total. The molecule has 0 fully saturated rings. The van der Waals surface area contributed by atoms with E-state index >= 15 is 0 Å². The third-order valence-corrected chi connectivity index (χ3v) is 4.87. The molecule has 0 aromatic heterocycles. The number of benzene rings is 1. The molecule has 1 aliphatic rings. The number of fused-ring (bicyclic) bond motifs is 1. The van der Waals surface area contributed by atoms with Gasteiger partial charge in [0, 0.05) is 11.6 Å². The van der Waals surface area contributed by atoms with Crippen LogP contribution in [0.15, 0.2) is 6.07 Å². The van der Waals surface area contributed by atoms with E-state index < -0.39 is 0 Å². The summed E-state index contributed by atoms with van der Waals surface area (Å²) in [4.78, 5) is 12.5. The Labute approximate surface area is 151 Å². The number of amides is 1. The molecule has 1 atom stereocenters. The van der Waals surface area contributed by atoms with Crippen LogP contribution in [0.2, 0.25) is 0 Å². The van der Waals surface area contributed by atoms with Crippen molar-refractivity contribution >= 4 is 5.91 Å². The predicted octanol–water partition coefficient (Wildman–Crippen LogP) is 4.12. The highest BCUT2D eigenvalue weighted by atomic mass is 16.5. The maximum atomic E-state index is 12.5. The van der Waals surface area contributed by atoms with Crippen LogP contribution < -0.4 is 19.5 Å². The van der Waals surface area contributed by atoms with Crippen LogP contribution in [0.25, 0.3) is 0 Å². The van der Waals surface area contributed by atoms with E-state index in [0.29, 0.717) is 22.8 Å². The topological polar surface area (TPSA) is 56.8 Å². The summed E-state index contributed by atoms with van der Waals surface area (Å²) >= 11 is 0. The number of carbonyl (C=O) groups is 1. The van der Waals surface area contributed by atoms with Gasteiger partial charge in [-0.2, -0.15) is 0 Å². The summed E-state index contributed by atoms with van der Waals surface area (Å²) in [6.07, 6.45) is 9.28. The van der Waals surface area contributed by atoms with Gasteiger partial charge in [-0.25, -0.2) is 0 Å². The van der Waals surface area contributed by atoms with Crippen LogP contribution >= 0.6 is 0 Å². The molecule has 0 radical (unpaired) electrons. The van der Waals surface area contributed by atoms with Crippen molar-refractivity contribution < 1.29 is 19.0 Å². The SMILES string of the molecule is CCCCCCCCC1Cc2c(cc(OC)c(OC)c2OC)C(=O)N1. The van der Waals surface area contributed by atoms with Crippen molar-refractivity contribution in [2.24, 2.45) is 0 Å². The molecule has 1 amide bonds. The van der Waals surface area contributed by atoms with Gasteiger partial charge in [0.25, 0.3) is 5.91 Å². The summed E-state index contributed by atoms with van der Waals surface area (Å²) < 4.78 is 16.4. The number of unbranched alkanes of at least 4 members (excludes halogenated alkanes) is 5. The number of hydrogen-bond donors (Lipinski definition) is 1. The molecule has 0 saturated heterocycles. The Bertz CT molecular complexity index is 586. The lowest BCUT2D eigenvalue weighted by Gasteiger charge is -2.28. The van der Waals surface area contributed by atoms with E-state index in [9.17, 15) is 4.79 Å². The molecule has 140 valence electrons. The Morgan fingerprint density at radius 2 is 1.68 bits per heavy atom. The lowest BCUT2D eigenvalue weighted by atomic mass is 9.90. The molecule has 1 aromatic rings. The molecule has 0 saturated carbocycles. The first kappa shape index (κ1) is 19.4. The average Bonchev–Trinajstić information content (AvgIpc) is 2.63. The summed E-state index contributed by atoms with van der Waals surface area (Å²) in [6.45, 7) is 2.23. The third-order valence-electron chi connectivity index (χ3n) is 4.87. The van der Waals surface area contributed by atoms with Crippen molar-refractivity contribution in [1.29, 1.82) is 0 Å². The van der Waals surface area contributed by atoms with Gasteiger partial charge in [-0.15, -0.1) is 0 Å². The van der Waals surface area contributed by atoms with Gasteiger partial charge in [-0.1, -0.05) is 45.4 Å². The monoisotopic (exact) mass is 349 g/mol. The molecule has 0 spiro atoms. The first-order valence-corrected chi connectivity index (χ1v) is 9.28. The molecule has 1 unspecified atom stereocenters. The fourth-order valence-electron chi connectivity index (χ4n) is 3.53. The van der Waals surface area contributed by atoms with Gasteiger partial charge in [-0.3, -0.25) is 4.79 Å². The Hall–Kier alpha value is -1.91. The summed E-state index contributed by atoms with van der Waals surface area (Å²) in [5, 5.41) is 3.12. The maximum absolute atomic E-state index is 12.5. The zero-order valence-electron chi connectivity index (χ0n) is 15.9. The number of hydrogen-bond acceptors (Lipinski definition) is 4. The fourth-order valence-corrected chi connectivity index (χ4v) is 3.53. The van der Waals surface area contributed by atoms with Crippen molar-refractivity contribution in [3.8, 4) is 17.2 Å². The van der Waals surface area contributed by atoms with E-state index in [2.05, 4.69) is 12.2 Å². The minimum atomic E-state index is -0.0588. The Morgan fingerprint density at radius 3 is 2.32 bits per heavy atom. The largest absolute Gasteiger partial charge is 0.493 e. The highest BCUT2D eigenvalue weighted by molar-refractivity contribution is 5.99. The smallest absolute Gasteiger partial charge is 0.252 e. The van der Waals surface area contributed by atoms with Crippen molar-refractivity contribution in [2.75, 3.05) is 21.3 Å². The van der Waals surface area contributed by atoms with Crippen LogP contribution in [-0.4, -0.2) is 33.3 Å². The van der Waals surface area contributed by atoms with Crippen molar-refractivity contribution in [3.63, 3.8) is 0 Å². The predicted molar refractivity (Wildman–Crippen MR) is 99.0 cm³/mol. The van der Waals surface area contributed by atoms with E-state index in [1.165, 1.54) is 32.1 Å². The van der Waals surface area contributed by atoms with Crippen LogP contribution in [0, 0.1) is 0 Å². The number of methoxy groups -OCH3 is 3. The van der Waals surface area contributed by atoms with Crippen molar-refractivity contribution in [2.45, 2.75) is 64.3 Å². The lowest BCUT2D eigenvalue weighted by Crippen LogP contribution is -2.41. The van der Waals surface area contributed by atoms with Crippen molar-refractivity contribution in [3.05, 3.63) is 17.2 Å². The zero-order chi connectivity index (χ0) is 18.2. The molecule has 1 N–H and O–H groups in total. The van der Waals surface area contributed by atoms with E-state index in [4.69, 9.17) is 14.2 Å². The number of ether oxygens (including phenoxy) is 3. The van der Waals surface area contributed by atoms with Gasteiger partial charge in [-0.05, 0) is 18.9 Å². The molecular formula is C20H31NO4. The van der Waals surface area contributed by atoms with Crippen molar-refractivity contribution in [1.82, 2.24) is 5.32 Å². The highest BCUT2D eigenvalue weighted by Gasteiger charge is 2.30. The second-order valence-electron chi connectivity index (χ2n) is 6.60. The van der Waals surface area contributed by atoms with Crippen LogP contribution in [0.3, 0.4) is 0 Å². The number of rotatable bonds is 10. The Balaban J connectivity index is 2.09. The Kier molecular flexibility index (Phi) is 7.41. The summed E-state index contributed by atoms with van der Waals surface area (Å²) in [5.74, 6) is 1.62. The molecule has 5 heteroatoms. The first-order chi connectivity index (χ1) is 12.2. The molecule has 25 heavy (non-hydrogen) atoms. The number of carbonyl (C=O) groups excluding carboxylic acids is 1. The summed E-state index contributed by atoms with van der Waals surface area (Å²) in [6, 6.07) is 1.89. The molecule has 1 heterocycles. The lowest BCUT2D eigenvalue weighted by molar-refractivity contribution is 0.0920. The van der Waals surface area contributed by atoms with Gasteiger partial charge >= 0.3 is 0 Å². The van der Waals surface area contributed by atoms with Gasteiger partial charge in [0.05, 0.1) is 26.9 Å². The van der Waals surface area contributed by atoms with Gasteiger partial charge < -0.3 is 19.5 Å². The first-order valence-electron chi connectivity index (χ1n) is 9.28. The molecule has 0 aliphatic carbocycles. The normalized spacial score (nSPS) is 16.2. The molecular weight excluding hydrogens is 318 g/mol. The van der Waals surface area contributed by atoms with Gasteiger partial charge in [0.15, 0.2) is 11.5 Å². The van der Waals surface area contributed by atoms with Gasteiger partial charge in [0.2, 0.25) is 5.75 Å². The third kappa shape index (κ3) is 4.59. The summed E-state index contributed by atoms with van der Waals surface area (Å²) in [5.41, 5.74) is 1.54.